The van der Waals surface area contributed by atoms with Crippen molar-refractivity contribution < 1.29 is 9.72 Å². The van der Waals surface area contributed by atoms with Gasteiger partial charge in [-0.3, -0.25) is 20.2 Å². The van der Waals surface area contributed by atoms with E-state index in [1.165, 1.54) is 50.3 Å². The van der Waals surface area contributed by atoms with Crippen molar-refractivity contribution in [1.82, 2.24) is 10.6 Å². The number of hydrogen-bond donors (Lipinski definition) is 2. The number of non-ortho nitro benzene ring substituents is 1. The van der Waals surface area contributed by atoms with E-state index >= 15 is 0 Å². The molecule has 1 amide bonds. The van der Waals surface area contributed by atoms with Gasteiger partial charge in [0.25, 0.3) is 11.6 Å². The molecule has 4 fully saturated rings. The molecule has 1 aromatic rings. The molecule has 26 heavy (non-hydrogen) atoms. The lowest BCUT2D eigenvalue weighted by atomic mass is 9.54. The van der Waals surface area contributed by atoms with Gasteiger partial charge in [-0.25, -0.2) is 0 Å². The largest absolute Gasteiger partial charge is 0.359 e. The Kier molecular flexibility index (Phi) is 4.61. The van der Waals surface area contributed by atoms with Gasteiger partial charge in [0.1, 0.15) is 0 Å². The molecule has 4 aliphatic carbocycles. The summed E-state index contributed by atoms with van der Waals surface area (Å²) in [5.41, 5.74) is -0.130. The lowest BCUT2D eigenvalue weighted by molar-refractivity contribution is -0.384. The first kappa shape index (κ1) is 17.7. The van der Waals surface area contributed by atoms with Crippen LogP contribution in [0, 0.1) is 33.8 Å². The first-order valence-electron chi connectivity index (χ1n) is 8.96. The topological polar surface area (TPSA) is 84.3 Å². The van der Waals surface area contributed by atoms with E-state index in [1.54, 1.807) is 0 Å². The summed E-state index contributed by atoms with van der Waals surface area (Å²) in [5.74, 6) is 2.45. The number of benzene rings is 1. The highest BCUT2D eigenvalue weighted by Gasteiger charge is 2.48. The summed E-state index contributed by atoms with van der Waals surface area (Å²) >= 11 is 11.4. The standard InChI is InChI=1S/C18H20ClN3O3S/c19-15-2-1-13(22(24)25)8-14(15)17(23)21-18(26)20-16-11-4-9-3-10(6-11)7-12(16)5-9/h1-2,8-12,16H,3-7H2,(H2,20,21,23,26). The fourth-order valence-corrected chi connectivity index (χ4v) is 5.75. The van der Waals surface area contributed by atoms with Crippen LogP contribution in [0.3, 0.4) is 0 Å². The number of nitrogens with zero attached hydrogens (tertiary/aromatic N) is 1. The summed E-state index contributed by atoms with van der Waals surface area (Å²) in [4.78, 5) is 22.8. The normalized spacial score (nSPS) is 31.5. The predicted molar refractivity (Wildman–Crippen MR) is 102 cm³/mol. The molecule has 1 aromatic carbocycles. The molecule has 0 heterocycles. The van der Waals surface area contributed by atoms with Gasteiger partial charge >= 0.3 is 0 Å². The Bertz CT molecular complexity index is 757. The third-order valence-corrected chi connectivity index (χ3v) is 6.71. The average molecular weight is 394 g/mol. The lowest BCUT2D eigenvalue weighted by Gasteiger charge is -2.54. The summed E-state index contributed by atoms with van der Waals surface area (Å²) < 4.78 is 0. The highest BCUT2D eigenvalue weighted by molar-refractivity contribution is 7.80. The minimum absolute atomic E-state index is 0.0510. The van der Waals surface area contributed by atoms with Crippen LogP contribution >= 0.6 is 23.8 Å². The van der Waals surface area contributed by atoms with Crippen LogP contribution in [0.5, 0.6) is 0 Å². The van der Waals surface area contributed by atoms with Gasteiger partial charge in [0.2, 0.25) is 0 Å². The second kappa shape index (κ2) is 6.78. The molecule has 0 unspecified atom stereocenters. The molecule has 5 rings (SSSR count). The Labute approximate surface area is 161 Å². The Morgan fingerprint density at radius 3 is 2.35 bits per heavy atom. The van der Waals surface area contributed by atoms with E-state index in [1.807, 2.05) is 0 Å². The van der Waals surface area contributed by atoms with E-state index in [4.69, 9.17) is 23.8 Å². The zero-order valence-corrected chi connectivity index (χ0v) is 15.7. The molecule has 0 aliphatic heterocycles. The molecule has 0 radical (unpaired) electrons. The van der Waals surface area contributed by atoms with E-state index < -0.39 is 10.8 Å². The van der Waals surface area contributed by atoms with Crippen LogP contribution < -0.4 is 10.6 Å². The minimum atomic E-state index is -0.557. The Morgan fingerprint density at radius 1 is 1.15 bits per heavy atom. The van der Waals surface area contributed by atoms with Crippen LogP contribution in [0.4, 0.5) is 5.69 Å². The minimum Gasteiger partial charge on any atom is -0.359 e. The quantitative estimate of drug-likeness (QED) is 0.465. The number of thiocarbonyl (C=S) groups is 1. The number of amides is 1. The van der Waals surface area contributed by atoms with Crippen molar-refractivity contribution in [2.24, 2.45) is 23.7 Å². The Hall–Kier alpha value is -1.73. The van der Waals surface area contributed by atoms with Gasteiger partial charge in [-0.05, 0) is 74.1 Å². The fraction of sp³-hybridized carbons (Fsp3) is 0.556. The van der Waals surface area contributed by atoms with Crippen LogP contribution in [-0.4, -0.2) is 22.0 Å². The van der Waals surface area contributed by atoms with Gasteiger partial charge in [-0.15, -0.1) is 0 Å². The van der Waals surface area contributed by atoms with Gasteiger partial charge in [-0.2, -0.15) is 0 Å². The fourth-order valence-electron chi connectivity index (χ4n) is 5.32. The number of nitro groups is 1. The number of rotatable bonds is 3. The van der Waals surface area contributed by atoms with E-state index in [0.717, 1.165) is 11.8 Å². The molecular weight excluding hydrogens is 374 g/mol. The molecule has 138 valence electrons. The third kappa shape index (κ3) is 3.30. The number of nitro benzene ring substituents is 1. The maximum absolute atomic E-state index is 12.5. The molecule has 0 atom stereocenters. The summed E-state index contributed by atoms with van der Waals surface area (Å²) in [6.45, 7) is 0. The van der Waals surface area contributed by atoms with Gasteiger partial charge in [-0.1, -0.05) is 11.6 Å². The van der Waals surface area contributed by atoms with Crippen molar-refractivity contribution in [1.29, 1.82) is 0 Å². The lowest BCUT2D eigenvalue weighted by Crippen LogP contribution is -2.57. The molecule has 0 aromatic heterocycles. The zero-order chi connectivity index (χ0) is 18.4. The smallest absolute Gasteiger partial charge is 0.270 e. The highest BCUT2D eigenvalue weighted by atomic mass is 35.5. The molecular formula is C18H20ClN3O3S. The number of nitrogens with one attached hydrogen (secondary N) is 2. The second-order valence-corrected chi connectivity index (χ2v) is 8.62. The predicted octanol–water partition coefficient (Wildman–Crippen LogP) is 3.68. The SMILES string of the molecule is O=C(NC(=S)NC1C2CC3CC(C2)CC1C3)c1cc([N+](=O)[O-])ccc1Cl. The summed E-state index contributed by atoms with van der Waals surface area (Å²) in [6.07, 6.45) is 6.37. The summed E-state index contributed by atoms with van der Waals surface area (Å²) in [6, 6.07) is 4.10. The number of halogens is 1. The summed E-state index contributed by atoms with van der Waals surface area (Å²) in [7, 11) is 0. The molecule has 6 nitrogen and oxygen atoms in total. The van der Waals surface area contributed by atoms with Gasteiger partial charge in [0.05, 0.1) is 15.5 Å². The molecule has 2 N–H and O–H groups in total. The molecule has 8 heteroatoms. The molecule has 4 aliphatic rings. The maximum atomic E-state index is 12.5. The van der Waals surface area contributed by atoms with Gasteiger partial charge < -0.3 is 5.32 Å². The van der Waals surface area contributed by atoms with E-state index in [-0.39, 0.29) is 21.4 Å². The number of carbonyl (C=O) groups is 1. The number of carbonyl (C=O) groups excluding carboxylic acids is 1. The Balaban J connectivity index is 1.41. The summed E-state index contributed by atoms with van der Waals surface area (Å²) in [5, 5.41) is 17.3. The molecule has 4 saturated carbocycles. The maximum Gasteiger partial charge on any atom is 0.270 e. The van der Waals surface area contributed by atoms with Gasteiger partial charge in [0, 0.05) is 18.2 Å². The third-order valence-electron chi connectivity index (χ3n) is 6.16. The highest BCUT2D eigenvalue weighted by Crippen LogP contribution is 2.53. The number of hydrogen-bond acceptors (Lipinski definition) is 4. The van der Waals surface area contributed by atoms with Crippen LogP contribution in [-0.2, 0) is 0 Å². The molecule has 0 saturated heterocycles. The second-order valence-electron chi connectivity index (χ2n) is 7.81. The first-order valence-corrected chi connectivity index (χ1v) is 9.75. The van der Waals surface area contributed by atoms with E-state index in [9.17, 15) is 14.9 Å². The first-order chi connectivity index (χ1) is 12.4. The Morgan fingerprint density at radius 2 is 1.77 bits per heavy atom. The van der Waals surface area contributed by atoms with Crippen molar-refractivity contribution >= 4 is 40.5 Å². The van der Waals surface area contributed by atoms with Crippen LogP contribution in [0.1, 0.15) is 42.5 Å². The molecule has 4 bridgehead atoms. The van der Waals surface area contributed by atoms with Gasteiger partial charge in [0.15, 0.2) is 5.11 Å². The van der Waals surface area contributed by atoms with E-state index in [2.05, 4.69) is 10.6 Å². The van der Waals surface area contributed by atoms with Crippen molar-refractivity contribution in [2.45, 2.75) is 38.1 Å². The van der Waals surface area contributed by atoms with Crippen molar-refractivity contribution in [3.63, 3.8) is 0 Å². The average Bonchev–Trinajstić information content (AvgIpc) is 2.57. The van der Waals surface area contributed by atoms with Crippen LogP contribution in [0.15, 0.2) is 18.2 Å². The van der Waals surface area contributed by atoms with Crippen LogP contribution in [0.25, 0.3) is 0 Å². The molecule has 0 spiro atoms. The van der Waals surface area contributed by atoms with Crippen LogP contribution in [0.2, 0.25) is 5.02 Å². The van der Waals surface area contributed by atoms with Crippen molar-refractivity contribution in [2.75, 3.05) is 0 Å². The zero-order valence-electron chi connectivity index (χ0n) is 14.1. The van der Waals surface area contributed by atoms with Crippen molar-refractivity contribution in [3.05, 3.63) is 38.9 Å². The van der Waals surface area contributed by atoms with E-state index in [0.29, 0.717) is 17.9 Å². The monoisotopic (exact) mass is 393 g/mol. The van der Waals surface area contributed by atoms with Crippen molar-refractivity contribution in [3.8, 4) is 0 Å².